The molecule has 5 aliphatic heterocycles. The van der Waals surface area contributed by atoms with Gasteiger partial charge in [-0.2, -0.15) is 0 Å². The smallest absolute Gasteiger partial charge is 0.280 e. The minimum Gasteiger partial charge on any atom is -0.495 e. The summed E-state index contributed by atoms with van der Waals surface area (Å²) in [5.74, 6) is -0.405. The number of nitro benzene ring substituents is 2. The highest BCUT2D eigenvalue weighted by Gasteiger charge is 2.33. The standard InChI is InChI=1S/C20H22N4O5.C19H22N4O4.C18H20N4O4.C17H18N4O4/c1-22(27)16-6-3-5-15(20(25)21-26)18(16)24-10-8-23(9-11-24)12-14-4-2-7-17-19(14)29-13-28-17;1-21(26)16-8-5-6-14(19(24)20-25)18(16)23-12-10-22(11-13-23)15-7-3-4-9-17(15)27-2;23-18(19-24)16-12-15(22(25)26)6-7-17(16)21-10-8-20(9-11-21)13-14-4-2-1-3-5-14;22-17(18-23)15-12-14(21(24)25)6-7-16(15)20-10-8-19(9-11-20)13-4-2-1-3-5-13/h2-7H,1,8-13H2,(H2-,21,25,26,27);3-9H,1,10-13H2,2H3,(H2-,20,24,25,26);1-7,12,24H,8-11,13H2,(H,19,23);1-7,12,23H,8-11H2,(H,18,22)/p+2. The van der Waals surface area contributed by atoms with Crippen molar-refractivity contribution in [3.8, 4) is 17.2 Å². The molecule has 8 aromatic rings. The van der Waals surface area contributed by atoms with E-state index in [2.05, 4.69) is 45.2 Å². The predicted octanol–water partition coefficient (Wildman–Crippen LogP) is 7.54. The van der Waals surface area contributed by atoms with Crippen molar-refractivity contribution in [3.05, 3.63) is 230 Å². The SMILES string of the molecule is C=[N+](O)c1cccc(C(=O)NO)c1N1CCN(Cc2cccc3c2OCO3)CC1.C=[N+](O)c1cccc(C(=O)NO)c1N1CCN(c2ccccc2OC)CC1.O=C(NO)c1cc([N+](=O)[O-])ccc1N1CCN(Cc2ccccc2)CC1.O=C(NO)c1cc([N+](=O)[O-])ccc1N1CCN(c2ccccc2)CC1. The van der Waals surface area contributed by atoms with Gasteiger partial charge in [-0.05, 0) is 60.2 Å². The minimum atomic E-state index is -0.760. The van der Waals surface area contributed by atoms with Crippen molar-refractivity contribution in [1.29, 1.82) is 0 Å². The van der Waals surface area contributed by atoms with Gasteiger partial charge in [0.2, 0.25) is 6.79 Å². The minimum absolute atomic E-state index is 0.0878. The van der Waals surface area contributed by atoms with Crippen molar-refractivity contribution in [1.82, 2.24) is 31.7 Å². The molecule has 0 radical (unpaired) electrons. The third-order valence-corrected chi connectivity index (χ3v) is 18.6. The highest BCUT2D eigenvalue weighted by molar-refractivity contribution is 6.03. The highest BCUT2D eigenvalue weighted by atomic mass is 16.7. The highest BCUT2D eigenvalue weighted by Crippen LogP contribution is 2.39. The molecule has 0 atom stereocenters. The van der Waals surface area contributed by atoms with Gasteiger partial charge in [-0.1, -0.05) is 84.9 Å². The lowest BCUT2D eigenvalue weighted by molar-refractivity contribution is -0.706. The Hall–Kier alpha value is -12.7. The van der Waals surface area contributed by atoms with E-state index >= 15 is 0 Å². The van der Waals surface area contributed by atoms with E-state index in [-0.39, 0.29) is 40.4 Å². The Morgan fingerprint density at radius 3 is 1.31 bits per heavy atom. The molecule has 10 N–H and O–H groups in total. The zero-order valence-electron chi connectivity index (χ0n) is 58.6. The van der Waals surface area contributed by atoms with Crippen LogP contribution in [0.2, 0.25) is 0 Å². The summed E-state index contributed by atoms with van der Waals surface area (Å²) in [4.78, 5) is 85.9. The number of nitrogens with zero attached hydrogens (tertiary/aromatic N) is 12. The third kappa shape index (κ3) is 19.0. The first-order chi connectivity index (χ1) is 51.8. The quantitative estimate of drug-likeness (QED) is 0.00932. The number of non-ortho nitro benzene ring substituents is 2. The second kappa shape index (κ2) is 36.7. The van der Waals surface area contributed by atoms with Gasteiger partial charge in [0, 0.05) is 175 Å². The molecule has 8 aromatic carbocycles. The number of amides is 4. The summed E-state index contributed by atoms with van der Waals surface area (Å²) in [6, 6.07) is 52.0. The number of benzene rings is 8. The number of methoxy groups -OCH3 is 1. The Morgan fingerprint density at radius 1 is 0.439 bits per heavy atom. The van der Waals surface area contributed by atoms with Crippen molar-refractivity contribution in [2.45, 2.75) is 13.1 Å². The summed E-state index contributed by atoms with van der Waals surface area (Å²) in [5.41, 5.74) is 14.3. The molecule has 4 saturated heterocycles. The molecule has 107 heavy (non-hydrogen) atoms. The lowest BCUT2D eigenvalue weighted by atomic mass is 10.1. The molecule has 0 saturated carbocycles. The van der Waals surface area contributed by atoms with Crippen molar-refractivity contribution < 1.29 is 84.0 Å². The van der Waals surface area contributed by atoms with E-state index in [1.54, 1.807) is 77.6 Å². The molecule has 33 heteroatoms. The molecule has 5 heterocycles. The van der Waals surface area contributed by atoms with Crippen LogP contribution in [0.4, 0.5) is 56.9 Å². The van der Waals surface area contributed by atoms with Crippen LogP contribution in [0, 0.1) is 20.2 Å². The second-order valence-electron chi connectivity index (χ2n) is 24.9. The van der Waals surface area contributed by atoms with E-state index in [1.807, 2.05) is 111 Å². The predicted molar refractivity (Wildman–Crippen MR) is 396 cm³/mol. The van der Waals surface area contributed by atoms with Crippen LogP contribution in [0.1, 0.15) is 52.6 Å². The number of rotatable bonds is 19. The van der Waals surface area contributed by atoms with Crippen LogP contribution >= 0.6 is 0 Å². The molecule has 4 amide bonds. The molecule has 0 unspecified atom stereocenters. The number of para-hydroxylation sites is 6. The first-order valence-corrected chi connectivity index (χ1v) is 34.1. The lowest BCUT2D eigenvalue weighted by Crippen LogP contribution is -2.47. The van der Waals surface area contributed by atoms with Gasteiger partial charge >= 0.3 is 0 Å². The molecule has 0 bridgehead atoms. The van der Waals surface area contributed by atoms with E-state index < -0.39 is 33.5 Å². The van der Waals surface area contributed by atoms with E-state index in [4.69, 9.17) is 35.0 Å². The fourth-order valence-corrected chi connectivity index (χ4v) is 13.3. The maximum Gasteiger partial charge on any atom is 0.280 e. The molecule has 4 fully saturated rings. The number of carbonyl (C=O) groups excluding carboxylic acids is 4. The fourth-order valence-electron chi connectivity index (χ4n) is 13.3. The van der Waals surface area contributed by atoms with Crippen LogP contribution in [0.3, 0.4) is 0 Å². The topological polar surface area (TPSA) is 384 Å². The van der Waals surface area contributed by atoms with Crippen LogP contribution in [0.15, 0.2) is 176 Å². The van der Waals surface area contributed by atoms with Gasteiger partial charge in [0.1, 0.15) is 17.1 Å². The Morgan fingerprint density at radius 2 is 0.841 bits per heavy atom. The zero-order chi connectivity index (χ0) is 76.1. The van der Waals surface area contributed by atoms with Crippen molar-refractivity contribution in [2.24, 2.45) is 0 Å². The van der Waals surface area contributed by atoms with Crippen LogP contribution in [-0.4, -0.2) is 216 Å². The number of carbonyl (C=O) groups is 4. The number of hydrogen-bond acceptors (Lipinski definition) is 25. The largest absolute Gasteiger partial charge is 0.495 e. The summed E-state index contributed by atoms with van der Waals surface area (Å²) in [6.07, 6.45) is 0. The molecule has 0 aromatic heterocycles. The third-order valence-electron chi connectivity index (χ3n) is 18.6. The van der Waals surface area contributed by atoms with Gasteiger partial charge in [0.25, 0.3) is 46.4 Å². The fraction of sp³-hybridized carbons (Fsp3) is 0.270. The van der Waals surface area contributed by atoms with Crippen LogP contribution < -0.4 is 65.5 Å². The molecule has 560 valence electrons. The molecular weight excluding hydrogens is 1380 g/mol. The Kier molecular flexibility index (Phi) is 26.4. The second-order valence-corrected chi connectivity index (χ2v) is 24.9. The normalized spacial score (nSPS) is 14.8. The summed E-state index contributed by atoms with van der Waals surface area (Å²) < 4.78 is 17.9. The van der Waals surface area contributed by atoms with Crippen molar-refractivity contribution in [3.63, 3.8) is 0 Å². The van der Waals surface area contributed by atoms with Gasteiger partial charge in [-0.25, -0.2) is 21.9 Å². The molecular formula is C74H84N16O17+2. The van der Waals surface area contributed by atoms with Crippen molar-refractivity contribution in [2.75, 3.05) is 148 Å². The van der Waals surface area contributed by atoms with Crippen LogP contribution in [-0.2, 0) is 13.1 Å². The molecule has 13 rings (SSSR count). The Labute approximate surface area is 615 Å². The average molecular weight is 1470 g/mol. The van der Waals surface area contributed by atoms with E-state index in [0.717, 1.165) is 96.0 Å². The van der Waals surface area contributed by atoms with E-state index in [1.165, 1.54) is 29.8 Å². The Balaban J connectivity index is 0.000000153. The first kappa shape index (κ1) is 77.0. The van der Waals surface area contributed by atoms with Crippen LogP contribution in [0.25, 0.3) is 0 Å². The van der Waals surface area contributed by atoms with Gasteiger partial charge in [-0.15, -0.1) is 0 Å². The number of nitrogens with one attached hydrogen (secondary N) is 4. The molecule has 5 aliphatic rings. The molecule has 0 spiro atoms. The number of ether oxygens (including phenoxy) is 3. The molecule has 0 aliphatic carbocycles. The van der Waals surface area contributed by atoms with Gasteiger partial charge in [-0.3, -0.25) is 80.5 Å². The summed E-state index contributed by atoms with van der Waals surface area (Å²) >= 11 is 0. The number of fused-ring (bicyclic) bond motifs is 1. The van der Waals surface area contributed by atoms with Gasteiger partial charge in [0.05, 0.1) is 56.3 Å². The van der Waals surface area contributed by atoms with Crippen molar-refractivity contribution >= 4 is 93.9 Å². The number of nitro groups is 2. The first-order valence-electron chi connectivity index (χ1n) is 34.1. The zero-order valence-corrected chi connectivity index (χ0v) is 58.6. The average Bonchev–Trinajstić information content (AvgIpc) is 1.41. The lowest BCUT2D eigenvalue weighted by Gasteiger charge is -2.38. The van der Waals surface area contributed by atoms with E-state index in [0.29, 0.717) is 99.6 Å². The van der Waals surface area contributed by atoms with Gasteiger partial charge < -0.3 is 43.6 Å². The Bertz CT molecular complexity index is 4470. The summed E-state index contributed by atoms with van der Waals surface area (Å²) in [7, 11) is 1.65. The van der Waals surface area contributed by atoms with Crippen LogP contribution in [0.5, 0.6) is 17.2 Å². The maximum absolute atomic E-state index is 12.1. The number of hydrogen-bond donors (Lipinski definition) is 10. The number of piperazine rings is 4. The molecule has 33 nitrogen and oxygen atoms in total. The summed E-state index contributed by atoms with van der Waals surface area (Å²) in [6.45, 7) is 20.2. The van der Waals surface area contributed by atoms with E-state index in [9.17, 15) is 49.8 Å². The maximum atomic E-state index is 12.1. The monoisotopic (exact) mass is 1470 g/mol. The number of hydroxylamine groups is 4. The summed E-state index contributed by atoms with van der Waals surface area (Å²) in [5, 5.41) is 77.7. The van der Waals surface area contributed by atoms with Gasteiger partial charge in [0.15, 0.2) is 24.9 Å². The number of anilines is 6.